The minimum atomic E-state index is -0.182. The van der Waals surface area contributed by atoms with Crippen LogP contribution in [-0.2, 0) is 7.05 Å². The van der Waals surface area contributed by atoms with Crippen LogP contribution in [0.25, 0.3) is 0 Å². The maximum Gasteiger partial charge on any atom is 0.282 e. The number of rotatable bonds is 4. The number of nitrogens with two attached hydrogens (primary N) is 1. The molecule has 0 aliphatic rings. The summed E-state index contributed by atoms with van der Waals surface area (Å²) in [4.78, 5) is 11.7. The quantitative estimate of drug-likeness (QED) is 0.897. The lowest BCUT2D eigenvalue weighted by atomic mass is 10.1. The van der Waals surface area contributed by atoms with Crippen LogP contribution >= 0.6 is 15.9 Å². The summed E-state index contributed by atoms with van der Waals surface area (Å²) in [7, 11) is 1.60. The van der Waals surface area contributed by atoms with Crippen molar-refractivity contribution >= 4 is 21.6 Å². The average molecular weight is 323 g/mol. The van der Waals surface area contributed by atoms with E-state index in [-0.39, 0.29) is 11.6 Å². The Labute approximate surface area is 119 Å². The molecule has 5 nitrogen and oxygen atoms in total. The number of aromatic nitrogens is 2. The zero-order chi connectivity index (χ0) is 13.8. The van der Waals surface area contributed by atoms with Crippen LogP contribution in [0.5, 0.6) is 0 Å². The summed E-state index contributed by atoms with van der Waals surface area (Å²) in [5.74, 6) is 0. The van der Waals surface area contributed by atoms with Crippen LogP contribution in [0.3, 0.4) is 0 Å². The average Bonchev–Trinajstić information content (AvgIpc) is 2.45. The summed E-state index contributed by atoms with van der Waals surface area (Å²) in [5.41, 5.74) is 7.59. The van der Waals surface area contributed by atoms with Crippen LogP contribution in [0, 0.1) is 0 Å². The molecule has 0 amide bonds. The molecule has 0 aliphatic carbocycles. The van der Waals surface area contributed by atoms with Gasteiger partial charge in [0.1, 0.15) is 4.47 Å². The highest BCUT2D eigenvalue weighted by Crippen LogP contribution is 2.17. The fourth-order valence-electron chi connectivity index (χ4n) is 1.67. The molecule has 1 aromatic heterocycles. The SMILES string of the molecule is Cn1ncc(NCC(N)c2ccccc2)c(Br)c1=O. The van der Waals surface area contributed by atoms with Gasteiger partial charge in [0.2, 0.25) is 0 Å². The molecule has 6 heteroatoms. The first-order valence-corrected chi connectivity index (χ1v) is 6.65. The van der Waals surface area contributed by atoms with Gasteiger partial charge in [-0.2, -0.15) is 5.10 Å². The number of benzene rings is 1. The van der Waals surface area contributed by atoms with Gasteiger partial charge in [-0.3, -0.25) is 4.79 Å². The molecule has 19 heavy (non-hydrogen) atoms. The van der Waals surface area contributed by atoms with E-state index in [1.807, 2.05) is 30.3 Å². The lowest BCUT2D eigenvalue weighted by Crippen LogP contribution is -2.24. The predicted molar refractivity (Wildman–Crippen MR) is 79.0 cm³/mol. The molecule has 0 radical (unpaired) electrons. The molecule has 0 aliphatic heterocycles. The predicted octanol–water partition coefficient (Wildman–Crippen LogP) is 1.65. The van der Waals surface area contributed by atoms with Gasteiger partial charge in [0.25, 0.3) is 5.56 Å². The number of anilines is 1. The first kappa shape index (κ1) is 13.8. The third kappa shape index (κ3) is 3.21. The van der Waals surface area contributed by atoms with Gasteiger partial charge >= 0.3 is 0 Å². The van der Waals surface area contributed by atoms with Gasteiger partial charge in [-0.15, -0.1) is 0 Å². The van der Waals surface area contributed by atoms with Crippen molar-refractivity contribution in [1.82, 2.24) is 9.78 Å². The van der Waals surface area contributed by atoms with E-state index in [4.69, 9.17) is 5.73 Å². The summed E-state index contributed by atoms with van der Waals surface area (Å²) in [5, 5.41) is 7.09. The molecule has 0 saturated heterocycles. The van der Waals surface area contributed by atoms with Crippen molar-refractivity contribution in [2.45, 2.75) is 6.04 Å². The van der Waals surface area contributed by atoms with E-state index < -0.39 is 0 Å². The van der Waals surface area contributed by atoms with Crippen molar-refractivity contribution in [1.29, 1.82) is 0 Å². The summed E-state index contributed by atoms with van der Waals surface area (Å²) in [6, 6.07) is 9.66. The third-order valence-electron chi connectivity index (χ3n) is 2.82. The van der Waals surface area contributed by atoms with Gasteiger partial charge in [0.05, 0.1) is 11.9 Å². The highest BCUT2D eigenvalue weighted by atomic mass is 79.9. The van der Waals surface area contributed by atoms with E-state index in [1.54, 1.807) is 13.2 Å². The van der Waals surface area contributed by atoms with Gasteiger partial charge in [-0.1, -0.05) is 30.3 Å². The van der Waals surface area contributed by atoms with Crippen molar-refractivity contribution in [3.8, 4) is 0 Å². The van der Waals surface area contributed by atoms with E-state index in [0.29, 0.717) is 16.7 Å². The highest BCUT2D eigenvalue weighted by Gasteiger charge is 2.09. The minimum absolute atomic E-state index is 0.142. The first-order chi connectivity index (χ1) is 9.09. The van der Waals surface area contributed by atoms with Crippen molar-refractivity contribution in [2.24, 2.45) is 12.8 Å². The first-order valence-electron chi connectivity index (χ1n) is 5.86. The van der Waals surface area contributed by atoms with Gasteiger partial charge in [-0.25, -0.2) is 4.68 Å². The van der Waals surface area contributed by atoms with Crippen LogP contribution in [0.1, 0.15) is 11.6 Å². The Morgan fingerprint density at radius 1 is 1.42 bits per heavy atom. The zero-order valence-electron chi connectivity index (χ0n) is 10.5. The Hall–Kier alpha value is -1.66. The maximum absolute atomic E-state index is 11.7. The number of halogens is 1. The normalized spacial score (nSPS) is 12.2. The monoisotopic (exact) mass is 322 g/mol. The number of hydrogen-bond donors (Lipinski definition) is 2. The molecule has 2 aromatic rings. The second-order valence-electron chi connectivity index (χ2n) is 4.20. The molecular weight excluding hydrogens is 308 g/mol. The van der Waals surface area contributed by atoms with Gasteiger partial charge in [0.15, 0.2) is 0 Å². The molecule has 0 saturated carbocycles. The Morgan fingerprint density at radius 3 is 2.79 bits per heavy atom. The molecule has 0 spiro atoms. The maximum atomic E-state index is 11.7. The van der Waals surface area contributed by atoms with E-state index in [9.17, 15) is 4.79 Å². The van der Waals surface area contributed by atoms with Crippen molar-refractivity contribution < 1.29 is 0 Å². The minimum Gasteiger partial charge on any atom is -0.381 e. The molecule has 3 N–H and O–H groups in total. The molecule has 1 unspecified atom stereocenters. The van der Waals surface area contributed by atoms with Crippen LogP contribution in [0.2, 0.25) is 0 Å². The fraction of sp³-hybridized carbons (Fsp3) is 0.231. The summed E-state index contributed by atoms with van der Waals surface area (Å²) in [6.07, 6.45) is 1.60. The lowest BCUT2D eigenvalue weighted by molar-refractivity contribution is 0.700. The molecule has 100 valence electrons. The second kappa shape index (κ2) is 5.99. The van der Waals surface area contributed by atoms with E-state index in [1.165, 1.54) is 4.68 Å². The number of nitrogens with zero attached hydrogens (tertiary/aromatic N) is 2. The van der Waals surface area contributed by atoms with Gasteiger partial charge < -0.3 is 11.1 Å². The van der Waals surface area contributed by atoms with Crippen LogP contribution in [0.15, 0.2) is 45.8 Å². The molecule has 1 aromatic carbocycles. The Morgan fingerprint density at radius 2 is 2.11 bits per heavy atom. The van der Waals surface area contributed by atoms with Crippen molar-refractivity contribution in [2.75, 3.05) is 11.9 Å². The van der Waals surface area contributed by atoms with Crippen LogP contribution < -0.4 is 16.6 Å². The smallest absolute Gasteiger partial charge is 0.282 e. The second-order valence-corrected chi connectivity index (χ2v) is 4.99. The Balaban J connectivity index is 2.08. The Kier molecular flexibility index (Phi) is 4.34. The van der Waals surface area contributed by atoms with E-state index >= 15 is 0 Å². The molecule has 0 fully saturated rings. The molecular formula is C13H15BrN4O. The van der Waals surface area contributed by atoms with Gasteiger partial charge in [-0.05, 0) is 21.5 Å². The van der Waals surface area contributed by atoms with Gasteiger partial charge in [0, 0.05) is 19.6 Å². The highest BCUT2D eigenvalue weighted by molar-refractivity contribution is 9.10. The number of aryl methyl sites for hydroxylation is 1. The number of hydrogen-bond acceptors (Lipinski definition) is 4. The van der Waals surface area contributed by atoms with Crippen molar-refractivity contribution in [3.05, 3.63) is 56.9 Å². The van der Waals surface area contributed by atoms with E-state index in [2.05, 4.69) is 26.3 Å². The Bertz CT molecular complexity index is 612. The molecule has 0 bridgehead atoms. The molecule has 1 atom stereocenters. The largest absolute Gasteiger partial charge is 0.381 e. The fourth-order valence-corrected chi connectivity index (χ4v) is 2.17. The molecule has 1 heterocycles. The van der Waals surface area contributed by atoms with Crippen molar-refractivity contribution in [3.63, 3.8) is 0 Å². The summed E-state index contributed by atoms with van der Waals surface area (Å²) < 4.78 is 1.73. The molecule has 2 rings (SSSR count). The standard InChI is InChI=1S/C13H15BrN4O/c1-18-13(19)12(14)11(8-17-18)16-7-10(15)9-5-3-2-4-6-9/h2-6,8,10,16H,7,15H2,1H3. The lowest BCUT2D eigenvalue weighted by Gasteiger charge is -2.14. The third-order valence-corrected chi connectivity index (χ3v) is 3.58. The van der Waals surface area contributed by atoms with E-state index in [0.717, 1.165) is 5.56 Å². The number of nitrogens with one attached hydrogen (secondary N) is 1. The van der Waals surface area contributed by atoms with Crippen LogP contribution in [0.4, 0.5) is 5.69 Å². The topological polar surface area (TPSA) is 72.9 Å². The zero-order valence-corrected chi connectivity index (χ0v) is 12.1. The summed E-state index contributed by atoms with van der Waals surface area (Å²) >= 11 is 3.26. The van der Waals surface area contributed by atoms with Crippen LogP contribution in [-0.4, -0.2) is 16.3 Å². The summed E-state index contributed by atoms with van der Waals surface area (Å²) in [6.45, 7) is 0.525.